The van der Waals surface area contributed by atoms with E-state index in [-0.39, 0.29) is 6.04 Å². The fourth-order valence-electron chi connectivity index (χ4n) is 3.61. The molecule has 3 unspecified atom stereocenters. The van der Waals surface area contributed by atoms with E-state index in [9.17, 15) is 4.79 Å². The van der Waals surface area contributed by atoms with Gasteiger partial charge in [-0.05, 0) is 57.4 Å². The van der Waals surface area contributed by atoms with Gasteiger partial charge in [-0.25, -0.2) is 0 Å². The number of allylic oxidation sites excluding steroid dienone is 2. The number of hydrogen-bond donors (Lipinski definition) is 1. The number of likely N-dealkylation sites (tertiary alicyclic amines) is 1. The highest BCUT2D eigenvalue weighted by atomic mass is 16.2. The van der Waals surface area contributed by atoms with Crippen LogP contribution in [-0.4, -0.2) is 36.5 Å². The Morgan fingerprint density at radius 2 is 1.89 bits per heavy atom. The van der Waals surface area contributed by atoms with Crippen molar-refractivity contribution in [1.82, 2.24) is 10.2 Å². The van der Waals surface area contributed by atoms with Crippen LogP contribution in [-0.2, 0) is 4.79 Å². The molecule has 0 aromatic rings. The number of likely N-dealkylation sites (N-methyl/N-ethyl adjacent to an activating group) is 1. The summed E-state index contributed by atoms with van der Waals surface area (Å²) >= 11 is 0. The van der Waals surface area contributed by atoms with E-state index in [1.165, 1.54) is 6.42 Å². The van der Waals surface area contributed by atoms with Gasteiger partial charge in [0, 0.05) is 12.6 Å². The zero-order chi connectivity index (χ0) is 12.5. The average molecular weight is 248 g/mol. The number of nitrogens with zero attached hydrogens (tertiary/aromatic N) is 1. The fourth-order valence-corrected chi connectivity index (χ4v) is 3.61. The van der Waals surface area contributed by atoms with Gasteiger partial charge >= 0.3 is 0 Å². The second-order valence-corrected chi connectivity index (χ2v) is 6.10. The van der Waals surface area contributed by atoms with Crippen LogP contribution in [0.2, 0.25) is 0 Å². The van der Waals surface area contributed by atoms with E-state index < -0.39 is 0 Å². The van der Waals surface area contributed by atoms with Gasteiger partial charge in [0.1, 0.15) is 0 Å². The molecule has 1 amide bonds. The van der Waals surface area contributed by atoms with Crippen LogP contribution in [0.3, 0.4) is 0 Å². The first kappa shape index (κ1) is 12.2. The van der Waals surface area contributed by atoms with E-state index in [4.69, 9.17) is 0 Å². The second-order valence-electron chi connectivity index (χ2n) is 6.10. The van der Waals surface area contributed by atoms with E-state index >= 15 is 0 Å². The second kappa shape index (κ2) is 5.04. The van der Waals surface area contributed by atoms with Crippen LogP contribution in [0.5, 0.6) is 0 Å². The quantitative estimate of drug-likeness (QED) is 0.758. The minimum absolute atomic E-state index is 0.0683. The topological polar surface area (TPSA) is 32.3 Å². The standard InChI is InChI=1S/C15H24N2O/c1-16-14-9-11-8-12(11)10-17(15(14)18)13-6-4-2-3-5-7-13/h2-3,11-14,16H,4-10H2,1H3. The lowest BCUT2D eigenvalue weighted by atomic mass is 10.0. The van der Waals surface area contributed by atoms with Crippen LogP contribution in [0.25, 0.3) is 0 Å². The van der Waals surface area contributed by atoms with Crippen molar-refractivity contribution >= 4 is 5.91 Å². The number of fused-ring (bicyclic) bond motifs is 1. The molecule has 3 rings (SSSR count). The lowest BCUT2D eigenvalue weighted by Crippen LogP contribution is -2.49. The maximum atomic E-state index is 12.6. The molecule has 0 aromatic carbocycles. The van der Waals surface area contributed by atoms with E-state index in [1.54, 1.807) is 0 Å². The summed E-state index contributed by atoms with van der Waals surface area (Å²) in [7, 11) is 1.93. The monoisotopic (exact) mass is 248 g/mol. The third-order valence-electron chi connectivity index (χ3n) is 4.91. The molecule has 1 saturated heterocycles. The normalized spacial score (nSPS) is 37.1. The van der Waals surface area contributed by atoms with Gasteiger partial charge in [-0.2, -0.15) is 0 Å². The summed E-state index contributed by atoms with van der Waals surface area (Å²) in [6.07, 6.45) is 11.5. The van der Waals surface area contributed by atoms with Crippen molar-refractivity contribution in [3.8, 4) is 0 Å². The molecule has 2 aliphatic carbocycles. The van der Waals surface area contributed by atoms with Crippen molar-refractivity contribution in [1.29, 1.82) is 0 Å². The Morgan fingerprint density at radius 3 is 2.56 bits per heavy atom. The average Bonchev–Trinajstić information content (AvgIpc) is 3.14. The molecule has 0 radical (unpaired) electrons. The highest BCUT2D eigenvalue weighted by Crippen LogP contribution is 2.45. The Balaban J connectivity index is 1.73. The molecular formula is C15H24N2O. The molecule has 1 N–H and O–H groups in total. The lowest BCUT2D eigenvalue weighted by Gasteiger charge is -2.33. The van der Waals surface area contributed by atoms with Crippen molar-refractivity contribution in [3.05, 3.63) is 12.2 Å². The first-order chi connectivity index (χ1) is 8.79. The number of carbonyl (C=O) groups excluding carboxylic acids is 1. The van der Waals surface area contributed by atoms with Gasteiger partial charge in [-0.3, -0.25) is 4.79 Å². The molecule has 2 fully saturated rings. The molecule has 1 aliphatic heterocycles. The summed E-state index contributed by atoms with van der Waals surface area (Å²) in [5.41, 5.74) is 0. The lowest BCUT2D eigenvalue weighted by molar-refractivity contribution is -0.135. The Bertz CT molecular complexity index is 342. The molecule has 1 saturated carbocycles. The van der Waals surface area contributed by atoms with Crippen molar-refractivity contribution < 1.29 is 4.79 Å². The molecule has 3 heteroatoms. The minimum atomic E-state index is 0.0683. The number of amides is 1. The van der Waals surface area contributed by atoms with E-state index in [1.807, 2.05) is 7.05 Å². The summed E-state index contributed by atoms with van der Waals surface area (Å²) in [5, 5.41) is 3.23. The van der Waals surface area contributed by atoms with E-state index in [0.29, 0.717) is 11.9 Å². The Kier molecular flexibility index (Phi) is 3.42. The molecule has 0 aromatic heterocycles. The van der Waals surface area contributed by atoms with Gasteiger partial charge in [-0.1, -0.05) is 12.2 Å². The van der Waals surface area contributed by atoms with Gasteiger partial charge in [0.15, 0.2) is 0 Å². The number of nitrogens with one attached hydrogen (secondary N) is 1. The highest BCUT2D eigenvalue weighted by Gasteiger charge is 2.46. The van der Waals surface area contributed by atoms with Crippen LogP contribution >= 0.6 is 0 Å². The SMILES string of the molecule is CNC1CC2CC2CN(C2CCC=CCC2)C1=O. The Labute approximate surface area is 110 Å². The zero-order valence-electron chi connectivity index (χ0n) is 11.3. The molecule has 3 nitrogen and oxygen atoms in total. The Hall–Kier alpha value is -0.830. The minimum Gasteiger partial charge on any atom is -0.338 e. The zero-order valence-corrected chi connectivity index (χ0v) is 11.3. The molecule has 3 aliphatic rings. The summed E-state index contributed by atoms with van der Waals surface area (Å²) in [4.78, 5) is 14.8. The van der Waals surface area contributed by atoms with Gasteiger partial charge in [0.2, 0.25) is 5.91 Å². The van der Waals surface area contributed by atoms with Crippen molar-refractivity contribution in [2.75, 3.05) is 13.6 Å². The number of carbonyl (C=O) groups is 1. The summed E-state index contributed by atoms with van der Waals surface area (Å²) in [6.45, 7) is 1.02. The van der Waals surface area contributed by atoms with E-state index in [0.717, 1.165) is 50.5 Å². The van der Waals surface area contributed by atoms with E-state index in [2.05, 4.69) is 22.4 Å². The van der Waals surface area contributed by atoms with Crippen molar-refractivity contribution in [3.63, 3.8) is 0 Å². The smallest absolute Gasteiger partial charge is 0.239 e. The maximum Gasteiger partial charge on any atom is 0.239 e. The predicted molar refractivity (Wildman–Crippen MR) is 72.2 cm³/mol. The molecule has 100 valence electrons. The number of rotatable bonds is 2. The summed E-state index contributed by atoms with van der Waals surface area (Å²) in [6, 6.07) is 0.543. The molecule has 3 atom stereocenters. The third kappa shape index (κ3) is 2.33. The maximum absolute atomic E-state index is 12.6. The van der Waals surface area contributed by atoms with Crippen LogP contribution in [0.4, 0.5) is 0 Å². The molecule has 1 heterocycles. The predicted octanol–water partition coefficient (Wildman–Crippen LogP) is 1.94. The molecule has 0 spiro atoms. The molecule has 0 bridgehead atoms. The largest absolute Gasteiger partial charge is 0.338 e. The van der Waals surface area contributed by atoms with Crippen molar-refractivity contribution in [2.24, 2.45) is 11.8 Å². The highest BCUT2D eigenvalue weighted by molar-refractivity contribution is 5.82. The Morgan fingerprint density at radius 1 is 1.17 bits per heavy atom. The van der Waals surface area contributed by atoms with Gasteiger partial charge in [0.05, 0.1) is 6.04 Å². The molecule has 18 heavy (non-hydrogen) atoms. The first-order valence-electron chi connectivity index (χ1n) is 7.42. The summed E-state index contributed by atoms with van der Waals surface area (Å²) in [5.74, 6) is 1.96. The van der Waals surface area contributed by atoms with Crippen LogP contribution in [0, 0.1) is 11.8 Å². The van der Waals surface area contributed by atoms with Crippen LogP contribution < -0.4 is 5.32 Å². The number of hydrogen-bond acceptors (Lipinski definition) is 2. The fraction of sp³-hybridized carbons (Fsp3) is 0.800. The third-order valence-corrected chi connectivity index (χ3v) is 4.91. The van der Waals surface area contributed by atoms with Crippen molar-refractivity contribution in [2.45, 2.75) is 50.6 Å². The van der Waals surface area contributed by atoms with Gasteiger partial charge in [-0.15, -0.1) is 0 Å². The van der Waals surface area contributed by atoms with Gasteiger partial charge in [0.25, 0.3) is 0 Å². The van der Waals surface area contributed by atoms with Crippen LogP contribution in [0.1, 0.15) is 38.5 Å². The summed E-state index contributed by atoms with van der Waals surface area (Å²) < 4.78 is 0. The van der Waals surface area contributed by atoms with Crippen LogP contribution in [0.15, 0.2) is 12.2 Å². The van der Waals surface area contributed by atoms with Gasteiger partial charge < -0.3 is 10.2 Å². The first-order valence-corrected chi connectivity index (χ1v) is 7.42. The molecular weight excluding hydrogens is 224 g/mol.